The van der Waals surface area contributed by atoms with E-state index in [0.29, 0.717) is 12.0 Å². The molecule has 4 nitrogen and oxygen atoms in total. The minimum Gasteiger partial charge on any atom is -0.497 e. The van der Waals surface area contributed by atoms with Crippen molar-refractivity contribution >= 4 is 0 Å². The van der Waals surface area contributed by atoms with E-state index in [4.69, 9.17) is 14.2 Å². The summed E-state index contributed by atoms with van der Waals surface area (Å²) in [5.41, 5.74) is 2.66. The maximum absolute atomic E-state index is 6.66. The number of hydrogen-bond donors (Lipinski definition) is 1. The van der Waals surface area contributed by atoms with Crippen LogP contribution < -0.4 is 14.8 Å². The van der Waals surface area contributed by atoms with E-state index in [1.165, 1.54) is 24.0 Å². The highest BCUT2D eigenvalue weighted by Crippen LogP contribution is 2.59. The molecule has 4 heteroatoms. The van der Waals surface area contributed by atoms with Crippen molar-refractivity contribution in [2.45, 2.75) is 84.3 Å². The van der Waals surface area contributed by atoms with Gasteiger partial charge < -0.3 is 19.5 Å². The molecule has 0 bridgehead atoms. The van der Waals surface area contributed by atoms with Gasteiger partial charge in [-0.1, -0.05) is 40.7 Å². The molecule has 1 aliphatic heterocycles. The van der Waals surface area contributed by atoms with Crippen LogP contribution in [0.25, 0.3) is 0 Å². The number of allylic oxidation sites excluding steroid dienone is 1. The third kappa shape index (κ3) is 4.50. The van der Waals surface area contributed by atoms with Crippen LogP contribution in [0.4, 0.5) is 0 Å². The average molecular weight is 442 g/mol. The molecule has 0 spiro atoms. The molecule has 0 amide bonds. The second-order valence-electron chi connectivity index (χ2n) is 8.69. The Kier molecular flexibility index (Phi) is 9.52. The molecule has 1 saturated carbocycles. The van der Waals surface area contributed by atoms with Gasteiger partial charge in [0, 0.05) is 17.0 Å². The average Bonchev–Trinajstić information content (AvgIpc) is 3.61. The van der Waals surface area contributed by atoms with Gasteiger partial charge in [-0.15, -0.1) is 12.8 Å². The van der Waals surface area contributed by atoms with Crippen LogP contribution in [0.5, 0.6) is 11.5 Å². The van der Waals surface area contributed by atoms with Gasteiger partial charge in [0.25, 0.3) is 0 Å². The first-order chi connectivity index (χ1) is 15.6. The SMILES string of the molecule is C#C.CC.CC/C=C(/OC)C1Oc2c(OC)ccc3c2[C@@]1(CC)C(C)C(NCC1CC1)C3. The first-order valence-electron chi connectivity index (χ1n) is 12.3. The van der Waals surface area contributed by atoms with E-state index in [1.54, 1.807) is 14.2 Å². The first-order valence-corrected chi connectivity index (χ1v) is 12.3. The molecular formula is C28H43NO3. The predicted molar refractivity (Wildman–Crippen MR) is 133 cm³/mol. The summed E-state index contributed by atoms with van der Waals surface area (Å²) in [6, 6.07) is 4.78. The minimum absolute atomic E-state index is 0.102. The van der Waals surface area contributed by atoms with Crippen LogP contribution in [0.1, 0.15) is 71.4 Å². The molecule has 3 aliphatic rings. The zero-order chi connectivity index (χ0) is 23.9. The van der Waals surface area contributed by atoms with Crippen LogP contribution in [0.2, 0.25) is 0 Å². The molecule has 1 heterocycles. The minimum atomic E-state index is -0.104. The third-order valence-corrected chi connectivity index (χ3v) is 7.30. The van der Waals surface area contributed by atoms with Crippen molar-refractivity contribution in [3.8, 4) is 24.3 Å². The second kappa shape index (κ2) is 11.7. The number of hydrogen-bond acceptors (Lipinski definition) is 4. The van der Waals surface area contributed by atoms with Gasteiger partial charge in [-0.2, -0.15) is 0 Å². The summed E-state index contributed by atoms with van der Waals surface area (Å²) >= 11 is 0. The third-order valence-electron chi connectivity index (χ3n) is 7.30. The summed E-state index contributed by atoms with van der Waals surface area (Å²) < 4.78 is 18.2. The van der Waals surface area contributed by atoms with Crippen LogP contribution in [0.3, 0.4) is 0 Å². The summed E-state index contributed by atoms with van der Waals surface area (Å²) in [5.74, 6) is 4.03. The van der Waals surface area contributed by atoms with Gasteiger partial charge in [0.2, 0.25) is 0 Å². The van der Waals surface area contributed by atoms with E-state index in [9.17, 15) is 0 Å². The molecule has 1 aromatic rings. The molecule has 4 rings (SSSR count). The zero-order valence-electron chi connectivity index (χ0n) is 21.2. The summed E-state index contributed by atoms with van der Waals surface area (Å²) in [6.07, 6.45) is 15.8. The molecule has 4 atom stereocenters. The van der Waals surface area contributed by atoms with Crippen LogP contribution in [-0.2, 0) is 16.6 Å². The summed E-state index contributed by atoms with van der Waals surface area (Å²) in [7, 11) is 3.50. The molecular weight excluding hydrogens is 398 g/mol. The predicted octanol–water partition coefficient (Wildman–Crippen LogP) is 5.88. The lowest BCUT2D eigenvalue weighted by molar-refractivity contribution is 0.0572. The Bertz CT molecular complexity index is 795. The molecule has 0 radical (unpaired) electrons. The lowest BCUT2D eigenvalue weighted by atomic mass is 9.58. The fourth-order valence-corrected chi connectivity index (χ4v) is 5.54. The number of rotatable bonds is 8. The van der Waals surface area contributed by atoms with Crippen molar-refractivity contribution in [3.63, 3.8) is 0 Å². The van der Waals surface area contributed by atoms with E-state index < -0.39 is 0 Å². The molecule has 1 aromatic carbocycles. The lowest BCUT2D eigenvalue weighted by Crippen LogP contribution is -2.56. The summed E-state index contributed by atoms with van der Waals surface area (Å²) in [5, 5.41) is 3.91. The lowest BCUT2D eigenvalue weighted by Gasteiger charge is -2.47. The van der Waals surface area contributed by atoms with Crippen molar-refractivity contribution in [3.05, 3.63) is 35.1 Å². The monoisotopic (exact) mass is 441 g/mol. The van der Waals surface area contributed by atoms with Crippen molar-refractivity contribution in [2.24, 2.45) is 11.8 Å². The highest BCUT2D eigenvalue weighted by molar-refractivity contribution is 5.61. The van der Waals surface area contributed by atoms with E-state index >= 15 is 0 Å². The number of methoxy groups -OCH3 is 2. The van der Waals surface area contributed by atoms with E-state index in [2.05, 4.69) is 57.1 Å². The fourth-order valence-electron chi connectivity index (χ4n) is 5.54. The van der Waals surface area contributed by atoms with Crippen LogP contribution in [0, 0.1) is 24.7 Å². The second-order valence-corrected chi connectivity index (χ2v) is 8.69. The van der Waals surface area contributed by atoms with E-state index in [-0.39, 0.29) is 11.5 Å². The molecule has 1 fully saturated rings. The largest absolute Gasteiger partial charge is 0.497 e. The van der Waals surface area contributed by atoms with Gasteiger partial charge in [0.1, 0.15) is 5.76 Å². The fraction of sp³-hybridized carbons (Fsp3) is 0.643. The highest BCUT2D eigenvalue weighted by atomic mass is 16.6. The standard InChI is InChI=1S/C24H35NO3.C2H6.C2H2/c1-6-8-20(27-5)23-24(7-2)15(3)18(25-14-16-9-10-16)13-17-11-12-19(26-4)22(28-23)21(17)24;2*1-2/h8,11-12,15-16,18,23,25H,6-7,9-10,13-14H2,1-5H3;1-2H3;1-2H/b20-8+;;/t15?,18?,23?,24-;;/m1../s1. The van der Waals surface area contributed by atoms with Crippen molar-refractivity contribution < 1.29 is 14.2 Å². The maximum Gasteiger partial charge on any atom is 0.166 e. The Morgan fingerprint density at radius 2 is 1.91 bits per heavy atom. The quantitative estimate of drug-likeness (QED) is 0.404. The maximum atomic E-state index is 6.66. The molecule has 178 valence electrons. The van der Waals surface area contributed by atoms with E-state index in [1.807, 2.05) is 13.8 Å². The van der Waals surface area contributed by atoms with Crippen LogP contribution in [0.15, 0.2) is 24.0 Å². The van der Waals surface area contributed by atoms with Gasteiger partial charge in [-0.25, -0.2) is 0 Å². The number of ether oxygens (including phenoxy) is 3. The van der Waals surface area contributed by atoms with Crippen LogP contribution >= 0.6 is 0 Å². The molecule has 0 saturated heterocycles. The smallest absolute Gasteiger partial charge is 0.166 e. The number of benzene rings is 1. The van der Waals surface area contributed by atoms with Gasteiger partial charge in [-0.05, 0) is 68.2 Å². The topological polar surface area (TPSA) is 39.7 Å². The van der Waals surface area contributed by atoms with E-state index in [0.717, 1.165) is 49.0 Å². The molecule has 32 heavy (non-hydrogen) atoms. The normalized spacial score (nSPS) is 27.7. The van der Waals surface area contributed by atoms with Crippen molar-refractivity contribution in [1.82, 2.24) is 5.32 Å². The Labute approximate surface area is 196 Å². The summed E-state index contributed by atoms with van der Waals surface area (Å²) in [6.45, 7) is 12.0. The Balaban J connectivity index is 0.000000860. The molecule has 1 N–H and O–H groups in total. The highest BCUT2D eigenvalue weighted by Gasteiger charge is 2.59. The molecule has 2 aliphatic carbocycles. The Morgan fingerprint density at radius 3 is 2.44 bits per heavy atom. The zero-order valence-corrected chi connectivity index (χ0v) is 21.2. The summed E-state index contributed by atoms with van der Waals surface area (Å²) in [4.78, 5) is 0. The van der Waals surface area contributed by atoms with Gasteiger partial charge in [-0.3, -0.25) is 0 Å². The van der Waals surface area contributed by atoms with Crippen LogP contribution in [-0.4, -0.2) is 32.9 Å². The van der Waals surface area contributed by atoms with Gasteiger partial charge in [0.15, 0.2) is 17.6 Å². The number of nitrogens with one attached hydrogen (secondary N) is 1. The van der Waals surface area contributed by atoms with Gasteiger partial charge >= 0.3 is 0 Å². The first kappa shape index (κ1) is 26.1. The van der Waals surface area contributed by atoms with Crippen molar-refractivity contribution in [2.75, 3.05) is 20.8 Å². The number of terminal acetylenes is 1. The van der Waals surface area contributed by atoms with Gasteiger partial charge in [0.05, 0.1) is 14.2 Å². The Morgan fingerprint density at radius 1 is 1.22 bits per heavy atom. The Hall–Kier alpha value is -2.12. The molecule has 3 unspecified atom stereocenters. The van der Waals surface area contributed by atoms with Crippen molar-refractivity contribution in [1.29, 1.82) is 0 Å². The molecule has 0 aromatic heterocycles.